The molecule has 146 valence electrons. The molecule has 0 spiro atoms. The molecule has 0 N–H and O–H groups in total. The van der Waals surface area contributed by atoms with Gasteiger partial charge in [-0.25, -0.2) is 0 Å². The van der Waals surface area contributed by atoms with Crippen LogP contribution in [0.3, 0.4) is 0 Å². The van der Waals surface area contributed by atoms with Crippen molar-refractivity contribution in [3.63, 3.8) is 0 Å². The van der Waals surface area contributed by atoms with Crippen molar-refractivity contribution in [2.45, 2.75) is 26.2 Å². The molecule has 1 aliphatic heterocycles. The largest absolute Gasteiger partial charge is 0.339 e. The second-order valence-corrected chi connectivity index (χ2v) is 7.29. The molecule has 1 heterocycles. The Hall–Kier alpha value is -2.88. The van der Waals surface area contributed by atoms with E-state index in [4.69, 9.17) is 0 Å². The summed E-state index contributed by atoms with van der Waals surface area (Å²) in [5, 5.41) is 0. The van der Waals surface area contributed by atoms with Crippen LogP contribution in [0.5, 0.6) is 0 Å². The smallest absolute Gasteiger partial charge is 0.246 e. The Morgan fingerprint density at radius 2 is 1.64 bits per heavy atom. The predicted octanol–water partition coefficient (Wildman–Crippen LogP) is 3.70. The van der Waals surface area contributed by atoms with Crippen LogP contribution in [0.25, 0.3) is 6.08 Å². The van der Waals surface area contributed by atoms with Crippen molar-refractivity contribution in [1.29, 1.82) is 0 Å². The van der Waals surface area contributed by atoms with Crippen LogP contribution < -0.4 is 0 Å². The number of carbonyl (C=O) groups excluding carboxylic acids is 2. The first-order valence-corrected chi connectivity index (χ1v) is 9.97. The van der Waals surface area contributed by atoms with E-state index in [0.29, 0.717) is 32.6 Å². The zero-order valence-electron chi connectivity index (χ0n) is 16.5. The molecule has 0 aliphatic carbocycles. The first-order chi connectivity index (χ1) is 13.6. The number of amides is 2. The van der Waals surface area contributed by atoms with Gasteiger partial charge >= 0.3 is 0 Å². The Kier molecular flexibility index (Phi) is 7.01. The highest BCUT2D eigenvalue weighted by Crippen LogP contribution is 2.10. The van der Waals surface area contributed by atoms with Gasteiger partial charge < -0.3 is 9.80 Å². The lowest BCUT2D eigenvalue weighted by Crippen LogP contribution is -2.50. The van der Waals surface area contributed by atoms with Gasteiger partial charge in [0.1, 0.15) is 0 Å². The fourth-order valence-electron chi connectivity index (χ4n) is 3.47. The lowest BCUT2D eigenvalue weighted by Gasteiger charge is -2.34. The number of aryl methyl sites for hydroxylation is 2. The number of piperazine rings is 1. The molecule has 0 bridgehead atoms. The molecule has 4 nitrogen and oxygen atoms in total. The summed E-state index contributed by atoms with van der Waals surface area (Å²) in [4.78, 5) is 28.5. The zero-order chi connectivity index (χ0) is 19.8. The van der Waals surface area contributed by atoms with E-state index in [1.165, 1.54) is 11.1 Å². The third-order valence-corrected chi connectivity index (χ3v) is 5.10. The fourth-order valence-corrected chi connectivity index (χ4v) is 3.47. The molecule has 1 fully saturated rings. The van der Waals surface area contributed by atoms with E-state index >= 15 is 0 Å². The number of hydrogen-bond acceptors (Lipinski definition) is 2. The number of nitrogens with zero attached hydrogens (tertiary/aromatic N) is 2. The van der Waals surface area contributed by atoms with Gasteiger partial charge in [-0.2, -0.15) is 0 Å². The minimum atomic E-state index is 0.0117. The summed E-state index contributed by atoms with van der Waals surface area (Å²) in [6.07, 6.45) is 5.84. The normalized spacial score (nSPS) is 14.5. The highest BCUT2D eigenvalue weighted by atomic mass is 16.2. The second-order valence-electron chi connectivity index (χ2n) is 7.29. The van der Waals surface area contributed by atoms with Gasteiger partial charge in [0, 0.05) is 38.7 Å². The lowest BCUT2D eigenvalue weighted by molar-refractivity contribution is -0.137. The Balaban J connectivity index is 1.40. The van der Waals surface area contributed by atoms with Gasteiger partial charge in [-0.05, 0) is 37.0 Å². The standard InChI is InChI=1S/C24H28N2O2/c1-20-7-5-11-22(19-20)13-14-24(28)26-17-15-25(16-18-26)23(27)12-6-10-21-8-3-2-4-9-21/h2-5,7-9,11,13-14,19H,6,10,12,15-18H2,1H3/b14-13+. The molecule has 0 unspecified atom stereocenters. The van der Waals surface area contributed by atoms with Gasteiger partial charge in [-0.1, -0.05) is 60.2 Å². The van der Waals surface area contributed by atoms with E-state index in [2.05, 4.69) is 18.2 Å². The number of carbonyl (C=O) groups is 2. The summed E-state index contributed by atoms with van der Waals surface area (Å²) in [5.41, 5.74) is 3.47. The quantitative estimate of drug-likeness (QED) is 0.721. The summed E-state index contributed by atoms with van der Waals surface area (Å²) in [7, 11) is 0. The summed E-state index contributed by atoms with van der Waals surface area (Å²) in [6, 6.07) is 18.3. The van der Waals surface area contributed by atoms with Crippen LogP contribution in [-0.2, 0) is 16.0 Å². The van der Waals surface area contributed by atoms with Gasteiger partial charge in [-0.3, -0.25) is 9.59 Å². The summed E-state index contributed by atoms with van der Waals surface area (Å²) in [6.45, 7) is 4.47. The molecule has 1 aliphatic rings. The molecule has 4 heteroatoms. The number of rotatable bonds is 6. The van der Waals surface area contributed by atoms with Crippen LogP contribution in [0.2, 0.25) is 0 Å². The molecule has 28 heavy (non-hydrogen) atoms. The highest BCUT2D eigenvalue weighted by Gasteiger charge is 2.22. The van der Waals surface area contributed by atoms with Gasteiger partial charge in [0.25, 0.3) is 0 Å². The summed E-state index contributed by atoms with van der Waals surface area (Å²) in [5.74, 6) is 0.205. The molecule has 0 saturated carbocycles. The van der Waals surface area contributed by atoms with E-state index in [0.717, 1.165) is 18.4 Å². The maximum absolute atomic E-state index is 12.4. The van der Waals surface area contributed by atoms with Crippen LogP contribution in [0, 0.1) is 6.92 Å². The van der Waals surface area contributed by atoms with Crippen molar-refractivity contribution in [2.24, 2.45) is 0 Å². The predicted molar refractivity (Wildman–Crippen MR) is 113 cm³/mol. The highest BCUT2D eigenvalue weighted by molar-refractivity contribution is 5.92. The van der Waals surface area contributed by atoms with E-state index < -0.39 is 0 Å². The van der Waals surface area contributed by atoms with Crippen molar-refractivity contribution >= 4 is 17.9 Å². The third kappa shape index (κ3) is 5.81. The molecule has 0 aromatic heterocycles. The molecule has 2 aromatic rings. The Morgan fingerprint density at radius 1 is 0.929 bits per heavy atom. The zero-order valence-corrected chi connectivity index (χ0v) is 16.5. The Bertz CT molecular complexity index is 822. The first kappa shape index (κ1) is 19.9. The van der Waals surface area contributed by atoms with Gasteiger partial charge in [0.05, 0.1) is 0 Å². The van der Waals surface area contributed by atoms with Crippen LogP contribution in [-0.4, -0.2) is 47.8 Å². The van der Waals surface area contributed by atoms with E-state index in [1.807, 2.05) is 59.2 Å². The molecule has 0 atom stereocenters. The van der Waals surface area contributed by atoms with E-state index in [9.17, 15) is 9.59 Å². The van der Waals surface area contributed by atoms with Gasteiger partial charge in [-0.15, -0.1) is 0 Å². The molecule has 1 saturated heterocycles. The summed E-state index contributed by atoms with van der Waals surface area (Å²) >= 11 is 0. The molecule has 2 aromatic carbocycles. The van der Waals surface area contributed by atoms with Crippen LogP contribution in [0.1, 0.15) is 29.5 Å². The topological polar surface area (TPSA) is 40.6 Å². The van der Waals surface area contributed by atoms with Crippen LogP contribution in [0.4, 0.5) is 0 Å². The number of benzene rings is 2. The maximum atomic E-state index is 12.4. The fraction of sp³-hybridized carbons (Fsp3) is 0.333. The van der Waals surface area contributed by atoms with Gasteiger partial charge in [0.2, 0.25) is 11.8 Å². The Morgan fingerprint density at radius 3 is 2.36 bits per heavy atom. The molecular formula is C24H28N2O2. The second kappa shape index (κ2) is 9.88. The van der Waals surface area contributed by atoms with Crippen molar-refractivity contribution in [3.8, 4) is 0 Å². The Labute approximate surface area is 167 Å². The number of hydrogen-bond donors (Lipinski definition) is 0. The molecule has 0 radical (unpaired) electrons. The van der Waals surface area contributed by atoms with Crippen molar-refractivity contribution in [3.05, 3.63) is 77.4 Å². The molecular weight excluding hydrogens is 348 g/mol. The average Bonchev–Trinajstić information content (AvgIpc) is 2.73. The van der Waals surface area contributed by atoms with Crippen molar-refractivity contribution in [1.82, 2.24) is 9.80 Å². The average molecular weight is 377 g/mol. The van der Waals surface area contributed by atoms with Crippen LogP contribution >= 0.6 is 0 Å². The third-order valence-electron chi connectivity index (χ3n) is 5.10. The lowest BCUT2D eigenvalue weighted by atomic mass is 10.1. The first-order valence-electron chi connectivity index (χ1n) is 9.97. The minimum absolute atomic E-state index is 0.0117. The van der Waals surface area contributed by atoms with Crippen LogP contribution in [0.15, 0.2) is 60.7 Å². The molecule has 3 rings (SSSR count). The SMILES string of the molecule is Cc1cccc(/C=C/C(=O)N2CCN(C(=O)CCCc3ccccc3)CC2)c1. The van der Waals surface area contributed by atoms with Crippen molar-refractivity contribution in [2.75, 3.05) is 26.2 Å². The van der Waals surface area contributed by atoms with Gasteiger partial charge in [0.15, 0.2) is 0 Å². The minimum Gasteiger partial charge on any atom is -0.339 e. The summed E-state index contributed by atoms with van der Waals surface area (Å²) < 4.78 is 0. The van der Waals surface area contributed by atoms with E-state index in [1.54, 1.807) is 6.08 Å². The molecule has 2 amide bonds. The van der Waals surface area contributed by atoms with Crippen molar-refractivity contribution < 1.29 is 9.59 Å². The van der Waals surface area contributed by atoms with E-state index in [-0.39, 0.29) is 11.8 Å². The monoisotopic (exact) mass is 376 g/mol. The maximum Gasteiger partial charge on any atom is 0.246 e.